The number of aromatic amines is 1. The van der Waals surface area contributed by atoms with E-state index in [9.17, 15) is 9.59 Å². The number of aromatic nitrogens is 1. The number of ether oxygens (including phenoxy) is 1. The minimum Gasteiger partial charge on any atom is -0.459 e. The smallest absolute Gasteiger partial charge is 0.338 e. The van der Waals surface area contributed by atoms with Crippen molar-refractivity contribution in [2.24, 2.45) is 0 Å². The fraction of sp³-hybridized carbons (Fsp3) is 0.524. The van der Waals surface area contributed by atoms with Crippen molar-refractivity contribution in [2.75, 3.05) is 19.6 Å². The number of carbonyl (C=O) groups is 2. The second-order valence-electron chi connectivity index (χ2n) is 7.42. The molecule has 0 saturated carbocycles. The zero-order chi connectivity index (χ0) is 19.4. The number of nitrogens with zero attached hydrogens (tertiary/aromatic N) is 1. The molecule has 2 heterocycles. The highest BCUT2D eigenvalue weighted by molar-refractivity contribution is 6.00. The maximum atomic E-state index is 13.2. The summed E-state index contributed by atoms with van der Waals surface area (Å²) in [6.07, 6.45) is 2.74. The number of hydrogen-bond donors (Lipinski definition) is 2. The van der Waals surface area contributed by atoms with Gasteiger partial charge in [-0.2, -0.15) is 0 Å². The van der Waals surface area contributed by atoms with Crippen LogP contribution < -0.4 is 5.32 Å². The Hall–Kier alpha value is -2.34. The summed E-state index contributed by atoms with van der Waals surface area (Å²) >= 11 is 0. The lowest BCUT2D eigenvalue weighted by Crippen LogP contribution is -2.46. The minimum absolute atomic E-state index is 0.0336. The van der Waals surface area contributed by atoms with Gasteiger partial charge in [-0.1, -0.05) is 6.92 Å². The SMILES string of the molecule is CCCN(C(=O)c1cc2cc(C(=O)OC(C)C)ccc2[nH]1)C1CCNCC1. The molecule has 6 nitrogen and oxygen atoms in total. The van der Waals surface area contributed by atoms with Crippen LogP contribution in [-0.2, 0) is 4.74 Å². The third-order valence-corrected chi connectivity index (χ3v) is 4.90. The molecule has 0 radical (unpaired) electrons. The lowest BCUT2D eigenvalue weighted by Gasteiger charge is -2.34. The molecule has 1 aliphatic heterocycles. The molecule has 27 heavy (non-hydrogen) atoms. The molecule has 0 bridgehead atoms. The Kier molecular flexibility index (Phi) is 6.16. The molecule has 1 amide bonds. The van der Waals surface area contributed by atoms with E-state index in [0.717, 1.165) is 49.8 Å². The van der Waals surface area contributed by atoms with Crippen molar-refractivity contribution in [2.45, 2.75) is 52.2 Å². The molecule has 146 valence electrons. The van der Waals surface area contributed by atoms with Crippen LogP contribution in [0, 0.1) is 0 Å². The quantitative estimate of drug-likeness (QED) is 0.764. The monoisotopic (exact) mass is 371 g/mol. The van der Waals surface area contributed by atoms with E-state index >= 15 is 0 Å². The molecule has 0 unspecified atom stereocenters. The molecule has 1 saturated heterocycles. The number of hydrogen-bond acceptors (Lipinski definition) is 4. The normalized spacial score (nSPS) is 15.3. The van der Waals surface area contributed by atoms with E-state index in [1.807, 2.05) is 30.9 Å². The number of piperidine rings is 1. The van der Waals surface area contributed by atoms with Crippen LogP contribution in [0.5, 0.6) is 0 Å². The van der Waals surface area contributed by atoms with Gasteiger partial charge in [0.2, 0.25) is 0 Å². The Balaban J connectivity index is 1.84. The maximum Gasteiger partial charge on any atom is 0.338 e. The van der Waals surface area contributed by atoms with Gasteiger partial charge in [0.25, 0.3) is 5.91 Å². The number of amides is 1. The number of rotatable bonds is 6. The first kappa shape index (κ1) is 19.4. The highest BCUT2D eigenvalue weighted by Gasteiger charge is 2.26. The molecule has 2 N–H and O–H groups in total. The van der Waals surface area contributed by atoms with Gasteiger partial charge >= 0.3 is 5.97 Å². The summed E-state index contributed by atoms with van der Waals surface area (Å²) in [5.41, 5.74) is 1.92. The lowest BCUT2D eigenvalue weighted by molar-refractivity contribution is 0.0378. The summed E-state index contributed by atoms with van der Waals surface area (Å²) in [5, 5.41) is 4.20. The minimum atomic E-state index is -0.344. The molecule has 6 heteroatoms. The molecule has 0 aliphatic carbocycles. The maximum absolute atomic E-state index is 13.2. The Morgan fingerprint density at radius 3 is 2.63 bits per heavy atom. The van der Waals surface area contributed by atoms with Crippen molar-refractivity contribution in [3.63, 3.8) is 0 Å². The summed E-state index contributed by atoms with van der Waals surface area (Å²) in [6.45, 7) is 8.40. The van der Waals surface area contributed by atoms with Crippen molar-refractivity contribution < 1.29 is 14.3 Å². The molecule has 1 aliphatic rings. The first-order valence-corrected chi connectivity index (χ1v) is 9.85. The first-order chi connectivity index (χ1) is 13.0. The van der Waals surface area contributed by atoms with E-state index < -0.39 is 0 Å². The fourth-order valence-corrected chi connectivity index (χ4v) is 3.62. The van der Waals surface area contributed by atoms with Gasteiger partial charge in [-0.25, -0.2) is 4.79 Å². The third-order valence-electron chi connectivity index (χ3n) is 4.90. The predicted molar refractivity (Wildman–Crippen MR) is 106 cm³/mol. The molecule has 2 aromatic rings. The Labute approximate surface area is 160 Å². The van der Waals surface area contributed by atoms with Gasteiger partial charge in [0.05, 0.1) is 11.7 Å². The molecule has 0 spiro atoms. The topological polar surface area (TPSA) is 74.4 Å². The first-order valence-electron chi connectivity index (χ1n) is 9.85. The zero-order valence-corrected chi connectivity index (χ0v) is 16.4. The van der Waals surface area contributed by atoms with Gasteiger partial charge in [0.1, 0.15) is 5.69 Å². The molecule has 1 fully saturated rings. The Morgan fingerprint density at radius 1 is 1.22 bits per heavy atom. The number of esters is 1. The Morgan fingerprint density at radius 2 is 1.96 bits per heavy atom. The van der Waals surface area contributed by atoms with E-state index in [1.54, 1.807) is 12.1 Å². The molecule has 1 aromatic heterocycles. The zero-order valence-electron chi connectivity index (χ0n) is 16.4. The van der Waals surface area contributed by atoms with E-state index in [2.05, 4.69) is 17.2 Å². The van der Waals surface area contributed by atoms with Crippen molar-refractivity contribution >= 4 is 22.8 Å². The number of benzene rings is 1. The van der Waals surface area contributed by atoms with E-state index in [-0.39, 0.29) is 24.0 Å². The van der Waals surface area contributed by atoms with Crippen LogP contribution in [0.4, 0.5) is 0 Å². The van der Waals surface area contributed by atoms with Gasteiger partial charge in [-0.05, 0) is 70.5 Å². The van der Waals surface area contributed by atoms with Crippen LogP contribution in [0.25, 0.3) is 10.9 Å². The number of nitrogens with one attached hydrogen (secondary N) is 2. The highest BCUT2D eigenvalue weighted by atomic mass is 16.5. The van der Waals surface area contributed by atoms with Crippen LogP contribution in [0.3, 0.4) is 0 Å². The van der Waals surface area contributed by atoms with Crippen molar-refractivity contribution in [1.82, 2.24) is 15.2 Å². The van der Waals surface area contributed by atoms with E-state index in [1.165, 1.54) is 0 Å². The number of carbonyl (C=O) groups excluding carboxylic acids is 2. The average molecular weight is 371 g/mol. The van der Waals surface area contributed by atoms with Crippen molar-refractivity contribution in [3.05, 3.63) is 35.5 Å². The van der Waals surface area contributed by atoms with Crippen LogP contribution in [0.2, 0.25) is 0 Å². The average Bonchev–Trinajstić information content (AvgIpc) is 3.09. The lowest BCUT2D eigenvalue weighted by atomic mass is 10.0. The van der Waals surface area contributed by atoms with Crippen LogP contribution in [-0.4, -0.2) is 53.5 Å². The van der Waals surface area contributed by atoms with Crippen LogP contribution in [0.15, 0.2) is 24.3 Å². The highest BCUT2D eigenvalue weighted by Crippen LogP contribution is 2.21. The third kappa shape index (κ3) is 4.50. The Bertz CT molecular complexity index is 806. The van der Waals surface area contributed by atoms with Gasteiger partial charge in [0, 0.05) is 23.5 Å². The summed E-state index contributed by atoms with van der Waals surface area (Å²) in [7, 11) is 0. The largest absolute Gasteiger partial charge is 0.459 e. The summed E-state index contributed by atoms with van der Waals surface area (Å²) < 4.78 is 5.26. The second kappa shape index (κ2) is 8.57. The van der Waals surface area contributed by atoms with Gasteiger partial charge < -0.3 is 19.9 Å². The van der Waals surface area contributed by atoms with Gasteiger partial charge in [-0.15, -0.1) is 0 Å². The van der Waals surface area contributed by atoms with E-state index in [0.29, 0.717) is 11.3 Å². The molecule has 0 atom stereocenters. The van der Waals surface area contributed by atoms with Crippen molar-refractivity contribution in [3.8, 4) is 0 Å². The predicted octanol–water partition coefficient (Wildman–Crippen LogP) is 3.34. The molecule has 1 aromatic carbocycles. The number of fused-ring (bicyclic) bond motifs is 1. The van der Waals surface area contributed by atoms with Crippen LogP contribution >= 0.6 is 0 Å². The fourth-order valence-electron chi connectivity index (χ4n) is 3.62. The van der Waals surface area contributed by atoms with Gasteiger partial charge in [-0.3, -0.25) is 4.79 Å². The molecule has 3 rings (SSSR count). The second-order valence-corrected chi connectivity index (χ2v) is 7.42. The summed E-state index contributed by atoms with van der Waals surface area (Å²) in [5.74, 6) is -0.311. The summed E-state index contributed by atoms with van der Waals surface area (Å²) in [6, 6.07) is 7.46. The molecular formula is C21H29N3O3. The summed E-state index contributed by atoms with van der Waals surface area (Å²) in [4.78, 5) is 30.5. The number of H-pyrrole nitrogens is 1. The van der Waals surface area contributed by atoms with Gasteiger partial charge in [0.15, 0.2) is 0 Å². The standard InChI is InChI=1S/C21H29N3O3/c1-4-11-24(17-7-9-22-10-8-17)20(25)19-13-16-12-15(5-6-18(16)23-19)21(26)27-14(2)3/h5-6,12-14,17,22-23H,4,7-11H2,1-3H3. The van der Waals surface area contributed by atoms with Crippen LogP contribution in [0.1, 0.15) is 60.9 Å². The molecular weight excluding hydrogens is 342 g/mol. The van der Waals surface area contributed by atoms with E-state index in [4.69, 9.17) is 4.74 Å². The van der Waals surface area contributed by atoms with Crippen molar-refractivity contribution in [1.29, 1.82) is 0 Å².